The molecule has 0 aliphatic heterocycles. The Morgan fingerprint density at radius 2 is 2.55 bits per heavy atom. The number of hydrogen-bond acceptors (Lipinski definition) is 3. The summed E-state index contributed by atoms with van der Waals surface area (Å²) in [5.41, 5.74) is -0.0582. The molecule has 1 aromatic rings. The summed E-state index contributed by atoms with van der Waals surface area (Å²) in [6, 6.07) is 0. The van der Waals surface area contributed by atoms with Gasteiger partial charge in [0.2, 0.25) is 6.41 Å². The van der Waals surface area contributed by atoms with Crippen LogP contribution in [0.2, 0.25) is 0 Å². The molecule has 1 aromatic heterocycles. The van der Waals surface area contributed by atoms with E-state index in [1.165, 1.54) is 0 Å². The summed E-state index contributed by atoms with van der Waals surface area (Å²) < 4.78 is 0. The van der Waals surface area contributed by atoms with Crippen LogP contribution in [0.1, 0.15) is 10.4 Å². The molecule has 1 heterocycles. The molecule has 0 radical (unpaired) electrons. The first kappa shape index (κ1) is 7.26. The van der Waals surface area contributed by atoms with Crippen molar-refractivity contribution in [2.75, 3.05) is 5.32 Å². The standard InChI is InChI=1S/C5H5N3O3/c9-2-6-4-3(5(10)11)1-7-8-4/h1-2H,(H,10,11)(H2,6,7,8,9). The molecule has 0 atom stereocenters. The van der Waals surface area contributed by atoms with Crippen molar-refractivity contribution in [3.05, 3.63) is 11.8 Å². The number of nitrogens with zero attached hydrogens (tertiary/aromatic N) is 1. The van der Waals surface area contributed by atoms with Crippen LogP contribution < -0.4 is 5.32 Å². The first-order valence-electron chi connectivity index (χ1n) is 2.72. The molecule has 1 amide bonds. The number of nitrogens with one attached hydrogen (secondary N) is 2. The van der Waals surface area contributed by atoms with Crippen molar-refractivity contribution in [1.82, 2.24) is 10.2 Å². The van der Waals surface area contributed by atoms with Gasteiger partial charge in [-0.25, -0.2) is 4.79 Å². The summed E-state index contributed by atoms with van der Waals surface area (Å²) in [4.78, 5) is 20.2. The molecule has 0 spiro atoms. The zero-order valence-electron chi connectivity index (χ0n) is 5.37. The highest BCUT2D eigenvalue weighted by Crippen LogP contribution is 2.08. The largest absolute Gasteiger partial charge is 0.477 e. The van der Waals surface area contributed by atoms with Gasteiger partial charge in [0.05, 0.1) is 6.20 Å². The number of aromatic amines is 1. The molecular weight excluding hydrogens is 150 g/mol. The fourth-order valence-electron chi connectivity index (χ4n) is 0.617. The van der Waals surface area contributed by atoms with Gasteiger partial charge in [0.25, 0.3) is 0 Å². The van der Waals surface area contributed by atoms with E-state index in [9.17, 15) is 9.59 Å². The number of carbonyl (C=O) groups excluding carboxylic acids is 1. The highest BCUT2D eigenvalue weighted by Gasteiger charge is 2.10. The lowest BCUT2D eigenvalue weighted by Gasteiger charge is -1.92. The Bertz CT molecular complexity index is 280. The molecule has 58 valence electrons. The van der Waals surface area contributed by atoms with E-state index < -0.39 is 5.97 Å². The van der Waals surface area contributed by atoms with Gasteiger partial charge in [-0.05, 0) is 0 Å². The SMILES string of the molecule is O=CNc1[nH]ncc1C(=O)O. The molecule has 0 fully saturated rings. The van der Waals surface area contributed by atoms with Crippen LogP contribution in [0.4, 0.5) is 5.82 Å². The topological polar surface area (TPSA) is 95.1 Å². The molecule has 0 aliphatic carbocycles. The molecule has 3 N–H and O–H groups in total. The molecule has 1 rings (SSSR count). The lowest BCUT2D eigenvalue weighted by Crippen LogP contribution is -2.02. The molecule has 0 bridgehead atoms. The van der Waals surface area contributed by atoms with Crippen molar-refractivity contribution < 1.29 is 14.7 Å². The fourth-order valence-corrected chi connectivity index (χ4v) is 0.617. The smallest absolute Gasteiger partial charge is 0.341 e. The van der Waals surface area contributed by atoms with Gasteiger partial charge in [-0.15, -0.1) is 0 Å². The Morgan fingerprint density at radius 1 is 1.82 bits per heavy atom. The third-order valence-electron chi connectivity index (χ3n) is 1.07. The van der Waals surface area contributed by atoms with E-state index >= 15 is 0 Å². The fraction of sp³-hybridized carbons (Fsp3) is 0. The minimum absolute atomic E-state index is 0.0582. The quantitative estimate of drug-likeness (QED) is 0.521. The average molecular weight is 155 g/mol. The van der Waals surface area contributed by atoms with Crippen LogP contribution in [0.3, 0.4) is 0 Å². The molecule has 0 saturated carbocycles. The maximum atomic E-state index is 10.3. The number of rotatable bonds is 3. The van der Waals surface area contributed by atoms with E-state index in [0.29, 0.717) is 6.41 Å². The van der Waals surface area contributed by atoms with Crippen molar-refractivity contribution in [2.45, 2.75) is 0 Å². The van der Waals surface area contributed by atoms with E-state index in [0.717, 1.165) is 6.20 Å². The number of anilines is 1. The lowest BCUT2D eigenvalue weighted by molar-refractivity contribution is -0.105. The Morgan fingerprint density at radius 3 is 3.09 bits per heavy atom. The van der Waals surface area contributed by atoms with Crippen molar-refractivity contribution in [1.29, 1.82) is 0 Å². The van der Waals surface area contributed by atoms with Crippen molar-refractivity contribution in [2.24, 2.45) is 0 Å². The van der Waals surface area contributed by atoms with Crippen molar-refractivity contribution in [3.63, 3.8) is 0 Å². The van der Waals surface area contributed by atoms with Gasteiger partial charge in [-0.2, -0.15) is 5.10 Å². The van der Waals surface area contributed by atoms with Crippen LogP contribution in [0.25, 0.3) is 0 Å². The minimum Gasteiger partial charge on any atom is -0.477 e. The second kappa shape index (κ2) is 2.82. The van der Waals surface area contributed by atoms with Crippen LogP contribution in [0, 0.1) is 0 Å². The summed E-state index contributed by atoms with van der Waals surface area (Å²) >= 11 is 0. The van der Waals surface area contributed by atoms with Gasteiger partial charge < -0.3 is 10.4 Å². The van der Waals surface area contributed by atoms with Gasteiger partial charge in [-0.3, -0.25) is 9.89 Å². The predicted molar refractivity (Wildman–Crippen MR) is 35.2 cm³/mol. The summed E-state index contributed by atoms with van der Waals surface area (Å²) in [5, 5.41) is 16.4. The van der Waals surface area contributed by atoms with E-state index in [4.69, 9.17) is 5.11 Å². The number of aromatic nitrogens is 2. The molecule has 0 saturated heterocycles. The van der Waals surface area contributed by atoms with E-state index in [-0.39, 0.29) is 11.4 Å². The van der Waals surface area contributed by atoms with Crippen LogP contribution in [0.5, 0.6) is 0 Å². The van der Waals surface area contributed by atoms with Gasteiger partial charge in [0.15, 0.2) is 0 Å². The number of carboxylic acid groups (broad SMARTS) is 1. The van der Waals surface area contributed by atoms with Gasteiger partial charge >= 0.3 is 5.97 Å². The second-order valence-electron chi connectivity index (χ2n) is 1.73. The number of H-pyrrole nitrogens is 1. The Kier molecular flexibility index (Phi) is 1.86. The highest BCUT2D eigenvalue weighted by molar-refractivity contribution is 5.94. The summed E-state index contributed by atoms with van der Waals surface area (Å²) in [6.07, 6.45) is 1.49. The Labute approximate surface area is 61.2 Å². The Balaban J connectivity index is 2.95. The molecule has 0 aromatic carbocycles. The monoisotopic (exact) mass is 155 g/mol. The summed E-state index contributed by atoms with van der Waals surface area (Å²) in [5.74, 6) is -1.05. The highest BCUT2D eigenvalue weighted by atomic mass is 16.4. The predicted octanol–water partition coefficient (Wildman–Crippen LogP) is -0.324. The van der Waals surface area contributed by atoms with E-state index in [1.54, 1.807) is 0 Å². The number of carbonyl (C=O) groups is 2. The second-order valence-corrected chi connectivity index (χ2v) is 1.73. The molecule has 0 unspecified atom stereocenters. The minimum atomic E-state index is -1.14. The maximum Gasteiger partial charge on any atom is 0.341 e. The Hall–Kier alpha value is -1.85. The molecule has 11 heavy (non-hydrogen) atoms. The molecule has 6 nitrogen and oxygen atoms in total. The van der Waals surface area contributed by atoms with Crippen molar-refractivity contribution >= 4 is 18.2 Å². The third kappa shape index (κ3) is 1.34. The summed E-state index contributed by atoms with van der Waals surface area (Å²) in [7, 11) is 0. The number of hydrogen-bond donors (Lipinski definition) is 3. The first-order chi connectivity index (χ1) is 5.25. The van der Waals surface area contributed by atoms with Gasteiger partial charge in [-0.1, -0.05) is 0 Å². The number of aromatic carboxylic acids is 1. The van der Waals surface area contributed by atoms with Gasteiger partial charge in [0.1, 0.15) is 11.4 Å². The average Bonchev–Trinajstić information content (AvgIpc) is 2.36. The van der Waals surface area contributed by atoms with E-state index in [2.05, 4.69) is 15.5 Å². The number of carboxylic acids is 1. The maximum absolute atomic E-state index is 10.3. The van der Waals surface area contributed by atoms with E-state index in [1.807, 2.05) is 0 Å². The van der Waals surface area contributed by atoms with Crippen LogP contribution in [-0.2, 0) is 4.79 Å². The normalized spacial score (nSPS) is 9.09. The van der Waals surface area contributed by atoms with Crippen LogP contribution >= 0.6 is 0 Å². The third-order valence-corrected chi connectivity index (χ3v) is 1.07. The molecule has 6 heteroatoms. The molecular formula is C5H5N3O3. The van der Waals surface area contributed by atoms with Crippen LogP contribution in [0.15, 0.2) is 6.20 Å². The molecule has 0 aliphatic rings. The lowest BCUT2D eigenvalue weighted by atomic mass is 10.3. The van der Waals surface area contributed by atoms with Gasteiger partial charge in [0, 0.05) is 0 Å². The van der Waals surface area contributed by atoms with Crippen LogP contribution in [-0.4, -0.2) is 27.7 Å². The summed E-state index contributed by atoms with van der Waals surface area (Å²) in [6.45, 7) is 0. The van der Waals surface area contributed by atoms with Crippen molar-refractivity contribution in [3.8, 4) is 0 Å². The first-order valence-corrected chi connectivity index (χ1v) is 2.72. The number of amides is 1. The zero-order valence-corrected chi connectivity index (χ0v) is 5.37. The zero-order chi connectivity index (χ0) is 8.27.